The minimum Gasteiger partial charge on any atom is -0.497 e. The highest BCUT2D eigenvalue weighted by Gasteiger charge is 2.50. The van der Waals surface area contributed by atoms with Crippen molar-refractivity contribution in [3.8, 4) is 5.75 Å². The largest absolute Gasteiger partial charge is 0.497 e. The standard InChI is InChI=1S/C24H35N3O6/c1-15(28)27-9-7-17(8-10-27)25-14-21-23(30)24-20(33-21)11-19(32-24)12-22(29)26-13-16-3-5-18(31-2)6-4-16/h3-6,17,19-21,23-25,30H,7-14H2,1-2H3,(H,26,29). The monoisotopic (exact) mass is 461 g/mol. The zero-order chi connectivity index (χ0) is 23.4. The summed E-state index contributed by atoms with van der Waals surface area (Å²) in [5.41, 5.74) is 0.995. The van der Waals surface area contributed by atoms with Crippen molar-refractivity contribution in [3.63, 3.8) is 0 Å². The van der Waals surface area contributed by atoms with E-state index in [2.05, 4.69) is 10.6 Å². The molecule has 9 heteroatoms. The molecule has 5 atom stereocenters. The fourth-order valence-corrected chi connectivity index (χ4v) is 4.91. The maximum atomic E-state index is 12.4. The third-order valence-electron chi connectivity index (χ3n) is 6.89. The van der Waals surface area contributed by atoms with Gasteiger partial charge in [0.25, 0.3) is 0 Å². The van der Waals surface area contributed by atoms with E-state index >= 15 is 0 Å². The second-order valence-corrected chi connectivity index (χ2v) is 9.18. The van der Waals surface area contributed by atoms with Crippen molar-refractivity contribution in [1.29, 1.82) is 0 Å². The van der Waals surface area contributed by atoms with Gasteiger partial charge in [-0.3, -0.25) is 9.59 Å². The lowest BCUT2D eigenvalue weighted by atomic mass is 10.0. The molecule has 0 saturated carbocycles. The van der Waals surface area contributed by atoms with Crippen LogP contribution in [0.15, 0.2) is 24.3 Å². The van der Waals surface area contributed by atoms with Gasteiger partial charge >= 0.3 is 0 Å². The summed E-state index contributed by atoms with van der Waals surface area (Å²) in [5.74, 6) is 0.818. The smallest absolute Gasteiger partial charge is 0.222 e. The zero-order valence-corrected chi connectivity index (χ0v) is 19.4. The number of carbonyl (C=O) groups is 2. The number of benzene rings is 1. The molecule has 0 bridgehead atoms. The van der Waals surface area contributed by atoms with Crippen molar-refractivity contribution < 1.29 is 28.9 Å². The lowest BCUT2D eigenvalue weighted by Gasteiger charge is -2.32. The molecule has 0 radical (unpaired) electrons. The molecule has 3 aliphatic heterocycles. The Morgan fingerprint density at radius 3 is 2.55 bits per heavy atom. The number of fused-ring (bicyclic) bond motifs is 1. The number of rotatable bonds is 8. The van der Waals surface area contributed by atoms with Crippen molar-refractivity contribution >= 4 is 11.8 Å². The molecular weight excluding hydrogens is 426 g/mol. The van der Waals surface area contributed by atoms with Crippen molar-refractivity contribution in [3.05, 3.63) is 29.8 Å². The van der Waals surface area contributed by atoms with Crippen molar-refractivity contribution in [2.75, 3.05) is 26.7 Å². The first kappa shape index (κ1) is 23.9. The molecule has 2 amide bonds. The number of aliphatic hydroxyl groups is 1. The third kappa shape index (κ3) is 6.03. The number of nitrogens with zero attached hydrogens (tertiary/aromatic N) is 1. The lowest BCUT2D eigenvalue weighted by molar-refractivity contribution is -0.130. The SMILES string of the molecule is COc1ccc(CNC(=O)CC2CC3OC(CNC4CCN(C(C)=O)CC4)C(O)C3O2)cc1. The highest BCUT2D eigenvalue weighted by atomic mass is 16.6. The van der Waals surface area contributed by atoms with Gasteiger partial charge in [-0.1, -0.05) is 12.1 Å². The Morgan fingerprint density at radius 2 is 1.91 bits per heavy atom. The molecule has 5 unspecified atom stereocenters. The predicted molar refractivity (Wildman–Crippen MR) is 121 cm³/mol. The average Bonchev–Trinajstić information content (AvgIpc) is 3.34. The van der Waals surface area contributed by atoms with Gasteiger partial charge in [0, 0.05) is 45.6 Å². The van der Waals surface area contributed by atoms with Crippen LogP contribution in [0.25, 0.3) is 0 Å². The Bertz CT molecular complexity index is 811. The van der Waals surface area contributed by atoms with Crippen LogP contribution < -0.4 is 15.4 Å². The Hall–Kier alpha value is -2.20. The molecule has 3 fully saturated rings. The number of nitrogens with one attached hydrogen (secondary N) is 2. The predicted octanol–water partition coefficient (Wildman–Crippen LogP) is 0.588. The van der Waals surface area contributed by atoms with Gasteiger partial charge in [0.15, 0.2) is 0 Å². The fourth-order valence-electron chi connectivity index (χ4n) is 4.91. The Balaban J connectivity index is 1.15. The average molecular weight is 462 g/mol. The van der Waals surface area contributed by atoms with Crippen LogP contribution in [0.2, 0.25) is 0 Å². The maximum Gasteiger partial charge on any atom is 0.222 e. The molecule has 3 N–H and O–H groups in total. The summed E-state index contributed by atoms with van der Waals surface area (Å²) >= 11 is 0. The van der Waals surface area contributed by atoms with Gasteiger partial charge in [0.2, 0.25) is 11.8 Å². The number of hydrogen-bond donors (Lipinski definition) is 3. The number of likely N-dealkylation sites (tertiary alicyclic amines) is 1. The molecule has 1 aromatic rings. The summed E-state index contributed by atoms with van der Waals surface area (Å²) in [6.07, 6.45) is 0.778. The van der Waals surface area contributed by atoms with Crippen LogP contribution >= 0.6 is 0 Å². The Morgan fingerprint density at radius 1 is 1.18 bits per heavy atom. The van der Waals surface area contributed by atoms with E-state index in [9.17, 15) is 14.7 Å². The molecule has 4 rings (SSSR count). The summed E-state index contributed by atoms with van der Waals surface area (Å²) in [5, 5.41) is 17.1. The van der Waals surface area contributed by atoms with Gasteiger partial charge in [0.05, 0.1) is 31.8 Å². The van der Waals surface area contributed by atoms with Gasteiger partial charge < -0.3 is 34.9 Å². The van der Waals surface area contributed by atoms with E-state index in [4.69, 9.17) is 14.2 Å². The van der Waals surface area contributed by atoms with Gasteiger partial charge in [0.1, 0.15) is 18.0 Å². The molecule has 33 heavy (non-hydrogen) atoms. The molecule has 0 aromatic heterocycles. The lowest BCUT2D eigenvalue weighted by Crippen LogP contribution is -2.47. The first-order valence-electron chi connectivity index (χ1n) is 11.8. The summed E-state index contributed by atoms with van der Waals surface area (Å²) < 4.78 is 17.2. The quantitative estimate of drug-likeness (QED) is 0.520. The Kier molecular flexibility index (Phi) is 7.85. The van der Waals surface area contributed by atoms with Crippen LogP contribution in [0.1, 0.15) is 38.2 Å². The maximum absolute atomic E-state index is 12.4. The van der Waals surface area contributed by atoms with Crippen LogP contribution in [0, 0.1) is 0 Å². The second-order valence-electron chi connectivity index (χ2n) is 9.18. The molecule has 0 aliphatic carbocycles. The van der Waals surface area contributed by atoms with Gasteiger partial charge in [-0.25, -0.2) is 0 Å². The number of piperidine rings is 1. The van der Waals surface area contributed by atoms with E-state index in [-0.39, 0.29) is 36.5 Å². The topological polar surface area (TPSA) is 109 Å². The first-order valence-corrected chi connectivity index (χ1v) is 11.8. The van der Waals surface area contributed by atoms with E-state index in [1.54, 1.807) is 14.0 Å². The summed E-state index contributed by atoms with van der Waals surface area (Å²) in [7, 11) is 1.62. The van der Waals surface area contributed by atoms with Crippen LogP contribution in [-0.4, -0.2) is 85.1 Å². The Labute approximate surface area is 194 Å². The molecule has 3 saturated heterocycles. The van der Waals surface area contributed by atoms with Crippen molar-refractivity contribution in [2.24, 2.45) is 0 Å². The number of carbonyl (C=O) groups excluding carboxylic acids is 2. The van der Waals surface area contributed by atoms with E-state index < -0.39 is 12.2 Å². The fraction of sp³-hybridized carbons (Fsp3) is 0.667. The minimum atomic E-state index is -0.716. The first-order chi connectivity index (χ1) is 15.9. The van der Waals surface area contributed by atoms with Gasteiger partial charge in [-0.2, -0.15) is 0 Å². The molecule has 1 aromatic carbocycles. The third-order valence-corrected chi connectivity index (χ3v) is 6.89. The van der Waals surface area contributed by atoms with Gasteiger partial charge in [-0.15, -0.1) is 0 Å². The number of ether oxygens (including phenoxy) is 3. The number of amides is 2. The minimum absolute atomic E-state index is 0.0830. The van der Waals surface area contributed by atoms with E-state index in [0.717, 1.165) is 37.2 Å². The van der Waals surface area contributed by atoms with Gasteiger partial charge in [-0.05, 0) is 30.5 Å². The molecule has 9 nitrogen and oxygen atoms in total. The highest BCUT2D eigenvalue weighted by Crippen LogP contribution is 2.35. The van der Waals surface area contributed by atoms with Crippen molar-refractivity contribution in [1.82, 2.24) is 15.5 Å². The van der Waals surface area contributed by atoms with Crippen molar-refractivity contribution in [2.45, 2.75) is 75.7 Å². The molecule has 182 valence electrons. The molecule has 0 spiro atoms. The number of aliphatic hydroxyl groups excluding tert-OH is 1. The van der Waals surface area contributed by atoms with Crippen LogP contribution in [0.3, 0.4) is 0 Å². The summed E-state index contributed by atoms with van der Waals surface area (Å²) in [4.78, 5) is 25.7. The zero-order valence-electron chi connectivity index (χ0n) is 19.4. The second kappa shape index (κ2) is 10.8. The van der Waals surface area contributed by atoms with Crippen LogP contribution in [0.4, 0.5) is 0 Å². The molecular formula is C24H35N3O6. The van der Waals surface area contributed by atoms with Crippen LogP contribution in [0.5, 0.6) is 5.75 Å². The summed E-state index contributed by atoms with van der Waals surface area (Å²) in [6.45, 7) is 4.12. The highest BCUT2D eigenvalue weighted by molar-refractivity contribution is 5.76. The van der Waals surface area contributed by atoms with E-state index in [1.165, 1.54) is 0 Å². The summed E-state index contributed by atoms with van der Waals surface area (Å²) in [6, 6.07) is 7.88. The number of hydrogen-bond acceptors (Lipinski definition) is 7. The van der Waals surface area contributed by atoms with E-state index in [1.807, 2.05) is 29.2 Å². The van der Waals surface area contributed by atoms with E-state index in [0.29, 0.717) is 25.6 Å². The molecule has 3 aliphatic rings. The number of methoxy groups -OCH3 is 1. The van der Waals surface area contributed by atoms with Crippen LogP contribution in [-0.2, 0) is 25.6 Å². The normalized spacial score (nSPS) is 29.7. The molecule has 3 heterocycles.